The third-order valence-corrected chi connectivity index (χ3v) is 5.32. The van der Waals surface area contributed by atoms with E-state index in [1.54, 1.807) is 19.9 Å². The van der Waals surface area contributed by atoms with E-state index in [2.05, 4.69) is 10.5 Å². The van der Waals surface area contributed by atoms with Crippen molar-refractivity contribution in [2.45, 2.75) is 32.7 Å². The van der Waals surface area contributed by atoms with Crippen LogP contribution in [0.4, 0.5) is 4.39 Å². The molecule has 2 aromatic carbocycles. The topological polar surface area (TPSA) is 111 Å². The second-order valence-corrected chi connectivity index (χ2v) is 7.88. The molecule has 0 fully saturated rings. The first kappa shape index (κ1) is 24.8. The normalized spacial score (nSPS) is 12.6. The molecule has 0 saturated carbocycles. The molecule has 9 heteroatoms. The Balaban J connectivity index is 1.79. The number of esters is 1. The van der Waals surface area contributed by atoms with Gasteiger partial charge in [0.1, 0.15) is 11.6 Å². The summed E-state index contributed by atoms with van der Waals surface area (Å²) in [5.41, 5.74) is 1.76. The number of nitrogens with one attached hydrogen (secondary N) is 2. The van der Waals surface area contributed by atoms with Gasteiger partial charge in [0.15, 0.2) is 0 Å². The summed E-state index contributed by atoms with van der Waals surface area (Å²) in [6.45, 7) is 3.72. The van der Waals surface area contributed by atoms with Crippen molar-refractivity contribution in [3.8, 4) is 16.9 Å². The molecule has 0 saturated heterocycles. The van der Waals surface area contributed by atoms with Gasteiger partial charge >= 0.3 is 5.97 Å². The van der Waals surface area contributed by atoms with Crippen LogP contribution in [0.2, 0.25) is 0 Å². The van der Waals surface area contributed by atoms with Gasteiger partial charge in [0.2, 0.25) is 5.76 Å². The van der Waals surface area contributed by atoms with Gasteiger partial charge in [-0.05, 0) is 49.1 Å². The minimum absolute atomic E-state index is 0.146. The number of aromatic amines is 1. The fourth-order valence-electron chi connectivity index (χ4n) is 3.66. The molecular formula is C25H27FN2O6. The lowest BCUT2D eigenvalue weighted by Gasteiger charge is -2.21. The largest absolute Gasteiger partial charge is 0.496 e. The molecule has 0 radical (unpaired) electrons. The molecule has 1 heterocycles. The molecule has 0 aliphatic heterocycles. The summed E-state index contributed by atoms with van der Waals surface area (Å²) < 4.78 is 29.1. The number of aromatic nitrogens is 1. The molecule has 0 aliphatic carbocycles. The number of carbonyl (C=O) groups is 2. The predicted octanol–water partition coefficient (Wildman–Crippen LogP) is 3.71. The van der Waals surface area contributed by atoms with E-state index in [1.165, 1.54) is 19.2 Å². The Morgan fingerprint density at radius 2 is 1.88 bits per heavy atom. The third-order valence-electron chi connectivity index (χ3n) is 5.32. The SMILES string of the molecule is CCOC(=O)[C@H](C)C[C@@H](Cc1ccc(-c2cc(F)ccc2OC)cc1)NC(=O)c1cc(=O)[nH]o1. The number of ether oxygens (including phenoxy) is 2. The van der Waals surface area contributed by atoms with Crippen LogP contribution in [-0.4, -0.2) is 36.8 Å². The zero-order valence-electron chi connectivity index (χ0n) is 19.2. The molecule has 8 nitrogen and oxygen atoms in total. The number of carbonyl (C=O) groups excluding carboxylic acids is 2. The average molecular weight is 470 g/mol. The zero-order valence-corrected chi connectivity index (χ0v) is 19.2. The number of benzene rings is 2. The van der Waals surface area contributed by atoms with Gasteiger partial charge in [-0.1, -0.05) is 31.2 Å². The quantitative estimate of drug-likeness (QED) is 0.437. The van der Waals surface area contributed by atoms with E-state index in [4.69, 9.17) is 14.0 Å². The van der Waals surface area contributed by atoms with Gasteiger partial charge in [-0.15, -0.1) is 0 Å². The number of hydrogen-bond acceptors (Lipinski definition) is 6. The summed E-state index contributed by atoms with van der Waals surface area (Å²) in [6.07, 6.45) is 0.726. The fourth-order valence-corrected chi connectivity index (χ4v) is 3.66. The Bertz CT molecular complexity index is 1180. The highest BCUT2D eigenvalue weighted by molar-refractivity contribution is 5.91. The molecule has 3 aromatic rings. The molecule has 1 aromatic heterocycles. The Labute approximate surface area is 196 Å². The summed E-state index contributed by atoms with van der Waals surface area (Å²) >= 11 is 0. The molecule has 0 spiro atoms. The summed E-state index contributed by atoms with van der Waals surface area (Å²) in [5.74, 6) is -1.35. The van der Waals surface area contributed by atoms with E-state index in [0.717, 1.165) is 17.2 Å². The van der Waals surface area contributed by atoms with Crippen LogP contribution in [0.15, 0.2) is 57.8 Å². The highest BCUT2D eigenvalue weighted by Gasteiger charge is 2.23. The van der Waals surface area contributed by atoms with E-state index in [-0.39, 0.29) is 24.2 Å². The van der Waals surface area contributed by atoms with Crippen LogP contribution in [0.25, 0.3) is 11.1 Å². The van der Waals surface area contributed by atoms with E-state index in [1.807, 2.05) is 24.3 Å². The smallest absolute Gasteiger partial charge is 0.308 e. The number of hydrogen-bond donors (Lipinski definition) is 2. The van der Waals surface area contributed by atoms with Crippen molar-refractivity contribution in [2.75, 3.05) is 13.7 Å². The van der Waals surface area contributed by atoms with E-state index >= 15 is 0 Å². The van der Waals surface area contributed by atoms with Crippen molar-refractivity contribution in [3.63, 3.8) is 0 Å². The maximum atomic E-state index is 13.8. The van der Waals surface area contributed by atoms with Crippen LogP contribution in [-0.2, 0) is 16.0 Å². The number of methoxy groups -OCH3 is 1. The van der Waals surface area contributed by atoms with Crippen LogP contribution >= 0.6 is 0 Å². The first-order chi connectivity index (χ1) is 16.3. The lowest BCUT2D eigenvalue weighted by Crippen LogP contribution is -2.38. The van der Waals surface area contributed by atoms with Crippen molar-refractivity contribution in [3.05, 3.63) is 76.0 Å². The molecule has 180 valence electrons. The van der Waals surface area contributed by atoms with Gasteiger partial charge < -0.3 is 19.3 Å². The van der Waals surface area contributed by atoms with Crippen LogP contribution in [0.3, 0.4) is 0 Å². The maximum absolute atomic E-state index is 13.8. The molecule has 0 aliphatic rings. The van der Waals surface area contributed by atoms with Gasteiger partial charge in [-0.3, -0.25) is 14.4 Å². The van der Waals surface area contributed by atoms with Gasteiger partial charge in [-0.2, -0.15) is 5.16 Å². The Morgan fingerprint density at radius 1 is 1.15 bits per heavy atom. The first-order valence-electron chi connectivity index (χ1n) is 10.9. The van der Waals surface area contributed by atoms with Crippen molar-refractivity contribution in [1.29, 1.82) is 0 Å². The highest BCUT2D eigenvalue weighted by Crippen LogP contribution is 2.31. The van der Waals surface area contributed by atoms with Gasteiger partial charge in [0, 0.05) is 11.6 Å². The molecule has 2 atom stereocenters. The van der Waals surface area contributed by atoms with Crippen LogP contribution in [0.1, 0.15) is 36.4 Å². The fraction of sp³-hybridized carbons (Fsp3) is 0.320. The Morgan fingerprint density at radius 3 is 2.50 bits per heavy atom. The maximum Gasteiger partial charge on any atom is 0.308 e. The van der Waals surface area contributed by atoms with Gasteiger partial charge in [0.25, 0.3) is 11.5 Å². The Hall–Kier alpha value is -3.88. The Kier molecular flexibility index (Phi) is 8.24. The van der Waals surface area contributed by atoms with Crippen LogP contribution < -0.4 is 15.6 Å². The van der Waals surface area contributed by atoms with Gasteiger partial charge in [0.05, 0.1) is 25.7 Å². The average Bonchev–Trinajstić information content (AvgIpc) is 3.26. The molecule has 3 rings (SSSR count). The molecule has 0 bridgehead atoms. The van der Waals surface area contributed by atoms with Crippen molar-refractivity contribution < 1.29 is 28.0 Å². The third kappa shape index (κ3) is 6.34. The summed E-state index contributed by atoms with van der Waals surface area (Å²) in [7, 11) is 1.52. The predicted molar refractivity (Wildman–Crippen MR) is 123 cm³/mol. The molecule has 1 amide bonds. The van der Waals surface area contributed by atoms with E-state index < -0.39 is 23.4 Å². The molecule has 34 heavy (non-hydrogen) atoms. The minimum Gasteiger partial charge on any atom is -0.496 e. The lowest BCUT2D eigenvalue weighted by molar-refractivity contribution is -0.147. The first-order valence-corrected chi connectivity index (χ1v) is 10.9. The number of rotatable bonds is 10. The molecular weight excluding hydrogens is 443 g/mol. The lowest BCUT2D eigenvalue weighted by atomic mass is 9.94. The second kappa shape index (κ2) is 11.3. The highest BCUT2D eigenvalue weighted by atomic mass is 19.1. The van der Waals surface area contributed by atoms with Crippen molar-refractivity contribution >= 4 is 11.9 Å². The summed E-state index contributed by atoms with van der Waals surface area (Å²) in [6, 6.07) is 12.3. The molecule has 0 unspecified atom stereocenters. The van der Waals surface area contributed by atoms with E-state index in [0.29, 0.717) is 24.2 Å². The molecule has 2 N–H and O–H groups in total. The van der Waals surface area contributed by atoms with E-state index in [9.17, 15) is 18.8 Å². The van der Waals surface area contributed by atoms with Crippen LogP contribution in [0, 0.1) is 11.7 Å². The second-order valence-electron chi connectivity index (χ2n) is 7.88. The summed E-state index contributed by atoms with van der Waals surface area (Å²) in [4.78, 5) is 36.0. The summed E-state index contributed by atoms with van der Waals surface area (Å²) in [5, 5.41) is 4.91. The zero-order chi connectivity index (χ0) is 24.7. The van der Waals surface area contributed by atoms with Crippen molar-refractivity contribution in [2.24, 2.45) is 5.92 Å². The monoisotopic (exact) mass is 470 g/mol. The number of H-pyrrole nitrogens is 1. The number of amides is 1. The van der Waals surface area contributed by atoms with Crippen LogP contribution in [0.5, 0.6) is 5.75 Å². The van der Waals surface area contributed by atoms with Crippen molar-refractivity contribution in [1.82, 2.24) is 10.5 Å². The van der Waals surface area contributed by atoms with Gasteiger partial charge in [-0.25, -0.2) is 4.39 Å². The number of halogens is 1. The minimum atomic E-state index is -0.569. The standard InChI is InChI=1S/C25H27FN2O6/c1-4-33-25(31)15(2)11-19(27-24(30)22-14-23(29)28-34-22)12-16-5-7-17(8-6-16)20-13-18(26)9-10-21(20)32-3/h5-10,13-15,19H,4,11-12H2,1-3H3,(H,27,30)(H,28,29)/t15-,19+/m1/s1.